The van der Waals surface area contributed by atoms with Crippen molar-refractivity contribution in [3.63, 3.8) is 0 Å². The van der Waals surface area contributed by atoms with Crippen molar-refractivity contribution >= 4 is 23.1 Å². The molecule has 0 aromatic carbocycles. The predicted molar refractivity (Wildman–Crippen MR) is 103 cm³/mol. The van der Waals surface area contributed by atoms with Gasteiger partial charge < -0.3 is 15.5 Å². The molecule has 8 heteroatoms. The Labute approximate surface area is 157 Å². The van der Waals surface area contributed by atoms with Gasteiger partial charge in [0, 0.05) is 25.2 Å². The number of fused-ring (bicyclic) bond motifs is 1. The van der Waals surface area contributed by atoms with E-state index in [0.29, 0.717) is 17.8 Å². The predicted octanol–water partition coefficient (Wildman–Crippen LogP) is 1.11. The van der Waals surface area contributed by atoms with Crippen LogP contribution in [0.1, 0.15) is 36.0 Å². The molecule has 2 aromatic heterocycles. The Balaban J connectivity index is 1.80. The summed E-state index contributed by atoms with van der Waals surface area (Å²) < 4.78 is 1.30. The highest BCUT2D eigenvalue weighted by Gasteiger charge is 2.23. The normalized spacial score (nSPS) is 14.6. The lowest BCUT2D eigenvalue weighted by molar-refractivity contribution is -0.119. The van der Waals surface area contributed by atoms with Gasteiger partial charge in [-0.05, 0) is 39.1 Å². The van der Waals surface area contributed by atoms with Crippen molar-refractivity contribution in [3.05, 3.63) is 40.4 Å². The van der Waals surface area contributed by atoms with Gasteiger partial charge in [-0.1, -0.05) is 12.8 Å². The lowest BCUT2D eigenvalue weighted by Crippen LogP contribution is -2.32. The fraction of sp³-hybridized carbons (Fsp3) is 0.474. The van der Waals surface area contributed by atoms with Crippen molar-refractivity contribution in [1.29, 1.82) is 0 Å². The van der Waals surface area contributed by atoms with E-state index < -0.39 is 5.56 Å². The molecule has 0 aliphatic heterocycles. The van der Waals surface area contributed by atoms with Gasteiger partial charge in [0.05, 0.1) is 11.8 Å². The lowest BCUT2D eigenvalue weighted by atomic mass is 10.1. The smallest absolute Gasteiger partial charge is 0.281 e. The van der Waals surface area contributed by atoms with E-state index in [2.05, 4.69) is 15.6 Å². The number of nitrogens with one attached hydrogen (secondary N) is 2. The van der Waals surface area contributed by atoms with Crippen molar-refractivity contribution in [2.45, 2.75) is 25.7 Å². The van der Waals surface area contributed by atoms with Crippen LogP contribution in [0.25, 0.3) is 5.65 Å². The zero-order chi connectivity index (χ0) is 19.4. The SMILES string of the molecule is CN(C)CCNC(=O)c1ccc2ncc(NC(=O)C3CCCC3)c(=O)n2c1. The molecule has 1 fully saturated rings. The van der Waals surface area contributed by atoms with E-state index in [0.717, 1.165) is 32.2 Å². The molecule has 2 N–H and O–H groups in total. The van der Waals surface area contributed by atoms with E-state index in [4.69, 9.17) is 0 Å². The molecular formula is C19H25N5O3. The first-order valence-electron chi connectivity index (χ1n) is 9.21. The number of amides is 2. The van der Waals surface area contributed by atoms with Crippen LogP contribution in [0.2, 0.25) is 0 Å². The van der Waals surface area contributed by atoms with Gasteiger partial charge in [0.1, 0.15) is 11.3 Å². The van der Waals surface area contributed by atoms with Crippen molar-refractivity contribution < 1.29 is 9.59 Å². The lowest BCUT2D eigenvalue weighted by Gasteiger charge is -2.12. The van der Waals surface area contributed by atoms with Crippen LogP contribution in [0.15, 0.2) is 29.3 Å². The van der Waals surface area contributed by atoms with Gasteiger partial charge in [-0.3, -0.25) is 18.8 Å². The minimum atomic E-state index is -0.394. The number of carbonyl (C=O) groups excluding carboxylic acids is 2. The Morgan fingerprint density at radius 1 is 1.26 bits per heavy atom. The van der Waals surface area contributed by atoms with Crippen LogP contribution in [0.3, 0.4) is 0 Å². The summed E-state index contributed by atoms with van der Waals surface area (Å²) in [5.41, 5.74) is 0.525. The molecule has 27 heavy (non-hydrogen) atoms. The maximum Gasteiger partial charge on any atom is 0.281 e. The van der Waals surface area contributed by atoms with Gasteiger partial charge in [-0.2, -0.15) is 0 Å². The van der Waals surface area contributed by atoms with Gasteiger partial charge in [0.15, 0.2) is 0 Å². The molecule has 0 bridgehead atoms. The Kier molecular flexibility index (Phi) is 5.85. The van der Waals surface area contributed by atoms with Crippen LogP contribution in [0.5, 0.6) is 0 Å². The van der Waals surface area contributed by atoms with Gasteiger partial charge in [0.25, 0.3) is 11.5 Å². The van der Waals surface area contributed by atoms with Crippen molar-refractivity contribution in [1.82, 2.24) is 19.6 Å². The maximum atomic E-state index is 12.7. The molecule has 144 valence electrons. The van der Waals surface area contributed by atoms with E-state index in [1.54, 1.807) is 12.1 Å². The Morgan fingerprint density at radius 3 is 2.70 bits per heavy atom. The summed E-state index contributed by atoms with van der Waals surface area (Å²) in [4.78, 5) is 43.5. The molecule has 2 amide bonds. The van der Waals surface area contributed by atoms with Gasteiger partial charge in [-0.15, -0.1) is 0 Å². The fourth-order valence-electron chi connectivity index (χ4n) is 3.21. The van der Waals surface area contributed by atoms with Crippen LogP contribution < -0.4 is 16.2 Å². The Bertz CT molecular complexity index is 900. The summed E-state index contributed by atoms with van der Waals surface area (Å²) in [5.74, 6) is -0.436. The standard InChI is InChI=1S/C19H25N5O3/c1-23(2)10-9-20-17(25)14-7-8-16-21-11-15(19(27)24(16)12-14)22-18(26)13-5-3-4-6-13/h7-8,11-13H,3-6,9-10H2,1-2H3,(H,20,25)(H,22,26). The molecule has 8 nitrogen and oxygen atoms in total. The number of rotatable bonds is 6. The monoisotopic (exact) mass is 371 g/mol. The number of pyridine rings is 1. The number of hydrogen-bond donors (Lipinski definition) is 2. The number of likely N-dealkylation sites (N-methyl/N-ethyl adjacent to an activating group) is 1. The Hall–Kier alpha value is -2.74. The molecule has 0 radical (unpaired) electrons. The number of anilines is 1. The topological polar surface area (TPSA) is 95.8 Å². The summed E-state index contributed by atoms with van der Waals surface area (Å²) in [6.07, 6.45) is 6.62. The summed E-state index contributed by atoms with van der Waals surface area (Å²) in [6.45, 7) is 1.23. The summed E-state index contributed by atoms with van der Waals surface area (Å²) >= 11 is 0. The molecular weight excluding hydrogens is 346 g/mol. The first-order valence-corrected chi connectivity index (χ1v) is 9.21. The highest BCUT2D eigenvalue weighted by molar-refractivity contribution is 5.94. The molecule has 3 rings (SSSR count). The van der Waals surface area contributed by atoms with Crippen LogP contribution in [0.4, 0.5) is 5.69 Å². The minimum absolute atomic E-state index is 0.0427. The average Bonchev–Trinajstić information content (AvgIpc) is 3.18. The molecule has 0 atom stereocenters. The highest BCUT2D eigenvalue weighted by atomic mass is 16.2. The zero-order valence-electron chi connectivity index (χ0n) is 15.7. The molecule has 1 aliphatic rings. The van der Waals surface area contributed by atoms with E-state index in [9.17, 15) is 14.4 Å². The van der Waals surface area contributed by atoms with E-state index in [1.165, 1.54) is 16.8 Å². The third-order valence-electron chi connectivity index (χ3n) is 4.79. The first-order chi connectivity index (χ1) is 13.0. The van der Waals surface area contributed by atoms with Crippen LogP contribution in [-0.4, -0.2) is 53.3 Å². The van der Waals surface area contributed by atoms with Crippen molar-refractivity contribution in [2.75, 3.05) is 32.5 Å². The van der Waals surface area contributed by atoms with E-state index in [-0.39, 0.29) is 23.4 Å². The van der Waals surface area contributed by atoms with Crippen LogP contribution in [-0.2, 0) is 4.79 Å². The maximum absolute atomic E-state index is 12.7. The number of nitrogens with zero attached hydrogens (tertiary/aromatic N) is 3. The van der Waals surface area contributed by atoms with Gasteiger partial charge in [0.2, 0.25) is 5.91 Å². The minimum Gasteiger partial charge on any atom is -0.351 e. The summed E-state index contributed by atoms with van der Waals surface area (Å²) in [6, 6.07) is 3.24. The number of hydrogen-bond acceptors (Lipinski definition) is 5. The molecule has 0 unspecified atom stereocenters. The molecule has 0 spiro atoms. The van der Waals surface area contributed by atoms with E-state index >= 15 is 0 Å². The Morgan fingerprint density at radius 2 is 2.00 bits per heavy atom. The fourth-order valence-corrected chi connectivity index (χ4v) is 3.21. The first kappa shape index (κ1) is 19.0. The summed E-state index contributed by atoms with van der Waals surface area (Å²) in [5, 5.41) is 5.51. The van der Waals surface area contributed by atoms with Gasteiger partial charge >= 0.3 is 0 Å². The average molecular weight is 371 g/mol. The van der Waals surface area contributed by atoms with Gasteiger partial charge in [-0.25, -0.2) is 4.98 Å². The summed E-state index contributed by atoms with van der Waals surface area (Å²) in [7, 11) is 3.85. The third kappa shape index (κ3) is 4.51. The van der Waals surface area contributed by atoms with Crippen molar-refractivity contribution in [2.24, 2.45) is 5.92 Å². The van der Waals surface area contributed by atoms with Crippen LogP contribution >= 0.6 is 0 Å². The zero-order valence-corrected chi connectivity index (χ0v) is 15.7. The van der Waals surface area contributed by atoms with E-state index in [1.807, 2.05) is 19.0 Å². The third-order valence-corrected chi connectivity index (χ3v) is 4.79. The quantitative estimate of drug-likeness (QED) is 0.793. The molecule has 0 saturated heterocycles. The second-order valence-corrected chi connectivity index (χ2v) is 7.15. The number of carbonyl (C=O) groups is 2. The number of aromatic nitrogens is 2. The molecule has 2 heterocycles. The highest BCUT2D eigenvalue weighted by Crippen LogP contribution is 2.25. The van der Waals surface area contributed by atoms with Crippen molar-refractivity contribution in [3.8, 4) is 0 Å². The largest absolute Gasteiger partial charge is 0.351 e. The molecule has 1 aliphatic carbocycles. The molecule has 2 aromatic rings. The molecule has 1 saturated carbocycles. The van der Waals surface area contributed by atoms with Crippen LogP contribution in [0, 0.1) is 5.92 Å². The second kappa shape index (κ2) is 8.30. The second-order valence-electron chi connectivity index (χ2n) is 7.15.